The second-order valence-corrected chi connectivity index (χ2v) is 4.68. The molecule has 0 amide bonds. The van der Waals surface area contributed by atoms with E-state index in [0.29, 0.717) is 0 Å². The Bertz CT molecular complexity index is 296. The van der Waals surface area contributed by atoms with Gasteiger partial charge in [0.15, 0.2) is 0 Å². The Morgan fingerprint density at radius 1 is 1.60 bits per heavy atom. The summed E-state index contributed by atoms with van der Waals surface area (Å²) in [7, 11) is 4.03. The molecule has 0 radical (unpaired) electrons. The number of carbonyl (C=O) groups excluding carboxylic acids is 1. The highest BCUT2D eigenvalue weighted by Gasteiger charge is 2.15. The summed E-state index contributed by atoms with van der Waals surface area (Å²) >= 11 is 1.63. The molecule has 0 saturated carbocycles. The van der Waals surface area contributed by atoms with Crippen LogP contribution in [0, 0.1) is 0 Å². The zero-order valence-corrected chi connectivity index (χ0v) is 10.2. The van der Waals surface area contributed by atoms with Crippen molar-refractivity contribution < 1.29 is 9.53 Å². The van der Waals surface area contributed by atoms with Gasteiger partial charge in [0.25, 0.3) is 0 Å². The second-order valence-electron chi connectivity index (χ2n) is 3.71. The third-order valence-electron chi connectivity index (χ3n) is 2.01. The van der Waals surface area contributed by atoms with Crippen molar-refractivity contribution in [3.8, 4) is 0 Å². The van der Waals surface area contributed by atoms with Crippen LogP contribution in [0.1, 0.15) is 24.3 Å². The smallest absolute Gasteiger partial charge is 0.303 e. The van der Waals surface area contributed by atoms with Crippen LogP contribution < -0.4 is 0 Å². The van der Waals surface area contributed by atoms with Gasteiger partial charge in [0.05, 0.1) is 0 Å². The van der Waals surface area contributed by atoms with Crippen LogP contribution in [0.2, 0.25) is 0 Å². The van der Waals surface area contributed by atoms with Crippen LogP contribution >= 0.6 is 11.3 Å². The fourth-order valence-electron chi connectivity index (χ4n) is 1.31. The molecule has 0 saturated heterocycles. The van der Waals surface area contributed by atoms with Crippen LogP contribution in [0.15, 0.2) is 17.5 Å². The van der Waals surface area contributed by atoms with Crippen molar-refractivity contribution in [2.24, 2.45) is 0 Å². The van der Waals surface area contributed by atoms with E-state index in [1.807, 2.05) is 31.6 Å². The summed E-state index contributed by atoms with van der Waals surface area (Å²) in [5, 5.41) is 2.00. The lowest BCUT2D eigenvalue weighted by Crippen LogP contribution is -2.18. The van der Waals surface area contributed by atoms with Gasteiger partial charge in [-0.25, -0.2) is 0 Å². The molecule has 4 heteroatoms. The highest BCUT2D eigenvalue weighted by atomic mass is 32.1. The van der Waals surface area contributed by atoms with Crippen LogP contribution in [0.5, 0.6) is 0 Å². The van der Waals surface area contributed by atoms with Crippen LogP contribution in [0.4, 0.5) is 0 Å². The first-order valence-corrected chi connectivity index (χ1v) is 5.83. The molecule has 15 heavy (non-hydrogen) atoms. The minimum atomic E-state index is -0.216. The van der Waals surface area contributed by atoms with E-state index in [0.717, 1.165) is 17.8 Å². The van der Waals surface area contributed by atoms with Crippen molar-refractivity contribution in [3.05, 3.63) is 22.4 Å². The van der Waals surface area contributed by atoms with E-state index in [2.05, 4.69) is 4.90 Å². The Labute approximate surface area is 94.7 Å². The summed E-state index contributed by atoms with van der Waals surface area (Å²) in [6.07, 6.45) is 0.748. The third kappa shape index (κ3) is 4.44. The van der Waals surface area contributed by atoms with Crippen LogP contribution in [-0.2, 0) is 9.53 Å². The third-order valence-corrected chi connectivity index (χ3v) is 2.97. The molecule has 1 atom stereocenters. The van der Waals surface area contributed by atoms with Crippen molar-refractivity contribution in [1.29, 1.82) is 0 Å². The SMILES string of the molecule is CC(=O)O[C@@H](CCN(C)C)c1cccs1. The molecule has 0 aliphatic rings. The number of ether oxygens (including phenoxy) is 1. The van der Waals surface area contributed by atoms with E-state index >= 15 is 0 Å². The summed E-state index contributed by atoms with van der Waals surface area (Å²) in [6, 6.07) is 3.99. The van der Waals surface area contributed by atoms with E-state index in [1.165, 1.54) is 6.92 Å². The quantitative estimate of drug-likeness (QED) is 0.723. The number of hydrogen-bond donors (Lipinski definition) is 0. The van der Waals surface area contributed by atoms with Gasteiger partial charge in [-0.15, -0.1) is 11.3 Å². The summed E-state index contributed by atoms with van der Waals surface area (Å²) in [6.45, 7) is 2.37. The number of esters is 1. The maximum atomic E-state index is 11.0. The fourth-order valence-corrected chi connectivity index (χ4v) is 2.10. The van der Waals surface area contributed by atoms with Gasteiger partial charge in [0, 0.05) is 24.8 Å². The van der Waals surface area contributed by atoms with E-state index in [9.17, 15) is 4.79 Å². The highest BCUT2D eigenvalue weighted by molar-refractivity contribution is 7.10. The summed E-state index contributed by atoms with van der Waals surface area (Å²) < 4.78 is 5.29. The average molecular weight is 227 g/mol. The molecule has 0 aromatic carbocycles. The number of nitrogens with zero attached hydrogens (tertiary/aromatic N) is 1. The maximum Gasteiger partial charge on any atom is 0.303 e. The Kier molecular flexibility index (Phi) is 4.78. The van der Waals surface area contributed by atoms with Crippen molar-refractivity contribution in [3.63, 3.8) is 0 Å². The van der Waals surface area contributed by atoms with Crippen molar-refractivity contribution >= 4 is 17.3 Å². The Morgan fingerprint density at radius 2 is 2.33 bits per heavy atom. The van der Waals surface area contributed by atoms with Gasteiger partial charge in [-0.3, -0.25) is 4.79 Å². The highest BCUT2D eigenvalue weighted by Crippen LogP contribution is 2.25. The minimum absolute atomic E-state index is 0.0927. The molecular formula is C11H17NO2S. The molecule has 0 aliphatic heterocycles. The molecular weight excluding hydrogens is 210 g/mol. The molecule has 1 aromatic rings. The Balaban J connectivity index is 2.57. The average Bonchev–Trinajstić information content (AvgIpc) is 2.63. The largest absolute Gasteiger partial charge is 0.457 e. The number of rotatable bonds is 5. The molecule has 0 aliphatic carbocycles. The fraction of sp³-hybridized carbons (Fsp3) is 0.545. The lowest BCUT2D eigenvalue weighted by atomic mass is 10.2. The lowest BCUT2D eigenvalue weighted by Gasteiger charge is -2.17. The van der Waals surface area contributed by atoms with Gasteiger partial charge in [0.1, 0.15) is 6.10 Å². The summed E-state index contributed by atoms with van der Waals surface area (Å²) in [4.78, 5) is 14.2. The first-order chi connectivity index (χ1) is 7.09. The summed E-state index contributed by atoms with van der Waals surface area (Å²) in [5.41, 5.74) is 0. The number of carbonyl (C=O) groups is 1. The number of thiophene rings is 1. The number of hydrogen-bond acceptors (Lipinski definition) is 4. The normalized spacial score (nSPS) is 12.8. The topological polar surface area (TPSA) is 29.5 Å². The molecule has 0 fully saturated rings. The standard InChI is InChI=1S/C11H17NO2S/c1-9(13)14-10(6-7-12(2)3)11-5-4-8-15-11/h4-5,8,10H,6-7H2,1-3H3/t10-/m0/s1. The molecule has 1 rings (SSSR count). The Hall–Kier alpha value is -0.870. The van der Waals surface area contributed by atoms with E-state index in [-0.39, 0.29) is 12.1 Å². The molecule has 1 heterocycles. The molecule has 0 N–H and O–H groups in total. The van der Waals surface area contributed by atoms with E-state index in [1.54, 1.807) is 11.3 Å². The zero-order chi connectivity index (χ0) is 11.3. The first-order valence-electron chi connectivity index (χ1n) is 4.95. The van der Waals surface area contributed by atoms with Crippen molar-refractivity contribution in [1.82, 2.24) is 4.90 Å². The molecule has 84 valence electrons. The van der Waals surface area contributed by atoms with Gasteiger partial charge in [-0.1, -0.05) is 6.07 Å². The molecule has 1 aromatic heterocycles. The predicted octanol–water partition coefficient (Wildman–Crippen LogP) is 2.30. The molecule has 3 nitrogen and oxygen atoms in total. The van der Waals surface area contributed by atoms with E-state index in [4.69, 9.17) is 4.74 Å². The molecule has 0 spiro atoms. The van der Waals surface area contributed by atoms with Crippen LogP contribution in [-0.4, -0.2) is 31.5 Å². The molecule has 0 unspecified atom stereocenters. The van der Waals surface area contributed by atoms with Gasteiger partial charge >= 0.3 is 5.97 Å². The predicted molar refractivity (Wildman–Crippen MR) is 62.0 cm³/mol. The van der Waals surface area contributed by atoms with Gasteiger partial charge in [-0.05, 0) is 25.5 Å². The Morgan fingerprint density at radius 3 is 2.80 bits per heavy atom. The maximum absolute atomic E-state index is 11.0. The van der Waals surface area contributed by atoms with Crippen molar-refractivity contribution in [2.75, 3.05) is 20.6 Å². The van der Waals surface area contributed by atoms with Crippen LogP contribution in [0.25, 0.3) is 0 Å². The monoisotopic (exact) mass is 227 g/mol. The van der Waals surface area contributed by atoms with Crippen LogP contribution in [0.3, 0.4) is 0 Å². The van der Waals surface area contributed by atoms with Gasteiger partial charge in [0.2, 0.25) is 0 Å². The summed E-state index contributed by atoms with van der Waals surface area (Å²) in [5.74, 6) is -0.216. The van der Waals surface area contributed by atoms with E-state index < -0.39 is 0 Å². The lowest BCUT2D eigenvalue weighted by molar-refractivity contribution is -0.147. The van der Waals surface area contributed by atoms with Crippen molar-refractivity contribution in [2.45, 2.75) is 19.4 Å². The molecule has 0 bridgehead atoms. The first kappa shape index (κ1) is 12.2. The second kappa shape index (κ2) is 5.88. The zero-order valence-electron chi connectivity index (χ0n) is 9.40. The minimum Gasteiger partial charge on any atom is -0.457 e. The van der Waals surface area contributed by atoms with Gasteiger partial charge in [-0.2, -0.15) is 0 Å². The van der Waals surface area contributed by atoms with Gasteiger partial charge < -0.3 is 9.64 Å².